The molecule has 0 heterocycles. The Balaban J connectivity index is 2.24. The quantitative estimate of drug-likeness (QED) is 0.923. The number of halogens is 3. The molecule has 0 saturated carbocycles. The van der Waals surface area contributed by atoms with E-state index in [-0.39, 0.29) is 11.3 Å². The number of benzene rings is 2. The first-order valence-electron chi connectivity index (χ1n) is 5.96. The molecule has 0 bridgehead atoms. The van der Waals surface area contributed by atoms with E-state index in [9.17, 15) is 18.3 Å². The number of aliphatic hydroxyl groups is 1. The lowest BCUT2D eigenvalue weighted by Crippen LogP contribution is -2.04. The fraction of sp³-hybridized carbons (Fsp3) is 0.200. The Morgan fingerprint density at radius 1 is 1.05 bits per heavy atom. The van der Waals surface area contributed by atoms with Crippen molar-refractivity contribution < 1.29 is 23.0 Å². The van der Waals surface area contributed by atoms with Gasteiger partial charge in [-0.3, -0.25) is 0 Å². The van der Waals surface area contributed by atoms with Crippen LogP contribution in [0.1, 0.15) is 22.8 Å². The van der Waals surface area contributed by atoms with Crippen LogP contribution in [0.4, 0.5) is 13.2 Å². The zero-order valence-corrected chi connectivity index (χ0v) is 10.7. The van der Waals surface area contributed by atoms with Crippen LogP contribution < -0.4 is 4.74 Å². The molecule has 0 spiro atoms. The van der Waals surface area contributed by atoms with E-state index in [1.807, 2.05) is 0 Å². The summed E-state index contributed by atoms with van der Waals surface area (Å²) in [4.78, 5) is 0. The molecule has 0 aromatic heterocycles. The van der Waals surface area contributed by atoms with Gasteiger partial charge in [0.1, 0.15) is 17.7 Å². The van der Waals surface area contributed by atoms with E-state index >= 15 is 0 Å². The van der Waals surface area contributed by atoms with Gasteiger partial charge in [0.05, 0.1) is 0 Å². The second-order valence-electron chi connectivity index (χ2n) is 4.38. The monoisotopic (exact) mass is 282 g/mol. The maximum absolute atomic E-state index is 13.7. The van der Waals surface area contributed by atoms with Crippen molar-refractivity contribution >= 4 is 0 Å². The topological polar surface area (TPSA) is 29.5 Å². The van der Waals surface area contributed by atoms with E-state index < -0.39 is 18.5 Å². The smallest absolute Gasteiger partial charge is 0.387 e. The number of alkyl halides is 2. The molecule has 20 heavy (non-hydrogen) atoms. The Morgan fingerprint density at radius 3 is 2.30 bits per heavy atom. The van der Waals surface area contributed by atoms with E-state index in [2.05, 4.69) is 4.74 Å². The first kappa shape index (κ1) is 14.4. The van der Waals surface area contributed by atoms with Gasteiger partial charge in [-0.05, 0) is 30.7 Å². The molecule has 2 aromatic rings. The summed E-state index contributed by atoms with van der Waals surface area (Å²) < 4.78 is 41.9. The highest BCUT2D eigenvalue weighted by Gasteiger charge is 2.15. The highest BCUT2D eigenvalue weighted by atomic mass is 19.3. The molecule has 0 aliphatic heterocycles. The molecule has 0 saturated heterocycles. The molecule has 1 unspecified atom stereocenters. The van der Waals surface area contributed by atoms with Crippen LogP contribution >= 0.6 is 0 Å². The summed E-state index contributed by atoms with van der Waals surface area (Å²) in [6.07, 6.45) is -1.16. The Bertz CT molecular complexity index is 582. The van der Waals surface area contributed by atoms with Crippen LogP contribution in [0.25, 0.3) is 0 Å². The van der Waals surface area contributed by atoms with Crippen molar-refractivity contribution in [2.24, 2.45) is 0 Å². The lowest BCUT2D eigenvalue weighted by Gasteiger charge is -2.14. The second-order valence-corrected chi connectivity index (χ2v) is 4.38. The maximum Gasteiger partial charge on any atom is 0.387 e. The second kappa shape index (κ2) is 5.96. The van der Waals surface area contributed by atoms with E-state index in [1.165, 1.54) is 30.3 Å². The summed E-state index contributed by atoms with van der Waals surface area (Å²) >= 11 is 0. The SMILES string of the molecule is Cc1ccc(F)c(C(O)c2ccc(OC(F)F)cc2)c1. The van der Waals surface area contributed by atoms with Crippen LogP contribution in [-0.4, -0.2) is 11.7 Å². The van der Waals surface area contributed by atoms with E-state index in [4.69, 9.17) is 0 Å². The van der Waals surface area contributed by atoms with Crippen LogP contribution in [0.3, 0.4) is 0 Å². The Kier molecular flexibility index (Phi) is 4.29. The number of ether oxygens (including phenoxy) is 1. The summed E-state index contributed by atoms with van der Waals surface area (Å²) in [5.74, 6) is -0.531. The largest absolute Gasteiger partial charge is 0.435 e. The molecular weight excluding hydrogens is 269 g/mol. The van der Waals surface area contributed by atoms with Gasteiger partial charge in [0.15, 0.2) is 0 Å². The minimum atomic E-state index is -2.90. The molecular formula is C15H13F3O2. The van der Waals surface area contributed by atoms with E-state index in [0.29, 0.717) is 5.56 Å². The Hall–Kier alpha value is -2.01. The zero-order valence-electron chi connectivity index (χ0n) is 10.7. The zero-order chi connectivity index (χ0) is 14.7. The van der Waals surface area contributed by atoms with Crippen LogP contribution in [-0.2, 0) is 0 Å². The predicted octanol–water partition coefficient (Wildman–Crippen LogP) is 3.82. The van der Waals surface area contributed by atoms with Crippen molar-refractivity contribution in [3.63, 3.8) is 0 Å². The lowest BCUT2D eigenvalue weighted by atomic mass is 9.99. The third-order valence-electron chi connectivity index (χ3n) is 2.87. The van der Waals surface area contributed by atoms with Gasteiger partial charge in [0.2, 0.25) is 0 Å². The molecule has 2 nitrogen and oxygen atoms in total. The number of aryl methyl sites for hydroxylation is 1. The molecule has 1 atom stereocenters. The average Bonchev–Trinajstić information content (AvgIpc) is 2.41. The summed E-state index contributed by atoms with van der Waals surface area (Å²) in [7, 11) is 0. The van der Waals surface area contributed by atoms with E-state index in [0.717, 1.165) is 5.56 Å². The molecule has 0 fully saturated rings. The van der Waals surface area contributed by atoms with Crippen molar-refractivity contribution in [2.75, 3.05) is 0 Å². The number of aliphatic hydroxyl groups excluding tert-OH is 1. The van der Waals surface area contributed by atoms with Crippen LogP contribution in [0.2, 0.25) is 0 Å². The molecule has 2 rings (SSSR count). The van der Waals surface area contributed by atoms with Crippen molar-refractivity contribution in [3.8, 4) is 5.75 Å². The molecule has 106 valence electrons. The van der Waals surface area contributed by atoms with Gasteiger partial charge in [-0.15, -0.1) is 0 Å². The van der Waals surface area contributed by atoms with Crippen molar-refractivity contribution in [1.29, 1.82) is 0 Å². The van der Waals surface area contributed by atoms with Crippen LogP contribution in [0.5, 0.6) is 5.75 Å². The maximum atomic E-state index is 13.7. The Labute approximate surface area is 114 Å². The van der Waals surface area contributed by atoms with Gasteiger partial charge >= 0.3 is 6.61 Å². The summed E-state index contributed by atoms with van der Waals surface area (Å²) in [5.41, 5.74) is 1.36. The molecule has 0 aliphatic rings. The van der Waals surface area contributed by atoms with E-state index in [1.54, 1.807) is 19.1 Å². The fourth-order valence-electron chi connectivity index (χ4n) is 1.88. The molecule has 0 aliphatic carbocycles. The van der Waals surface area contributed by atoms with Gasteiger partial charge in [0, 0.05) is 5.56 Å². The number of hydrogen-bond donors (Lipinski definition) is 1. The molecule has 0 radical (unpaired) electrons. The summed E-state index contributed by atoms with van der Waals surface area (Å²) in [6.45, 7) is -1.12. The van der Waals surface area contributed by atoms with Gasteiger partial charge in [-0.2, -0.15) is 8.78 Å². The minimum Gasteiger partial charge on any atom is -0.435 e. The predicted molar refractivity (Wildman–Crippen MR) is 68.3 cm³/mol. The van der Waals surface area contributed by atoms with Gasteiger partial charge < -0.3 is 9.84 Å². The van der Waals surface area contributed by atoms with Gasteiger partial charge in [-0.25, -0.2) is 4.39 Å². The summed E-state index contributed by atoms with van der Waals surface area (Å²) in [5, 5.41) is 10.1. The van der Waals surface area contributed by atoms with Crippen molar-refractivity contribution in [2.45, 2.75) is 19.6 Å². The lowest BCUT2D eigenvalue weighted by molar-refractivity contribution is -0.0498. The van der Waals surface area contributed by atoms with Gasteiger partial charge in [-0.1, -0.05) is 29.8 Å². The normalized spacial score (nSPS) is 12.5. The standard InChI is InChI=1S/C15H13F3O2/c1-9-2-7-13(16)12(8-9)14(19)10-3-5-11(6-4-10)20-15(17)18/h2-8,14-15,19H,1H3. The Morgan fingerprint density at radius 2 is 1.70 bits per heavy atom. The molecule has 5 heteroatoms. The average molecular weight is 282 g/mol. The van der Waals surface area contributed by atoms with Crippen molar-refractivity contribution in [1.82, 2.24) is 0 Å². The van der Waals surface area contributed by atoms with Crippen LogP contribution in [0.15, 0.2) is 42.5 Å². The highest BCUT2D eigenvalue weighted by Crippen LogP contribution is 2.27. The van der Waals surface area contributed by atoms with Gasteiger partial charge in [0.25, 0.3) is 0 Å². The minimum absolute atomic E-state index is 0.0133. The number of rotatable bonds is 4. The third kappa shape index (κ3) is 3.30. The van der Waals surface area contributed by atoms with Crippen molar-refractivity contribution in [3.05, 3.63) is 65.0 Å². The fourth-order valence-corrected chi connectivity index (χ4v) is 1.88. The first-order valence-corrected chi connectivity index (χ1v) is 5.96. The molecule has 1 N–H and O–H groups in total. The summed E-state index contributed by atoms with van der Waals surface area (Å²) in [6, 6.07) is 9.88. The molecule has 2 aromatic carbocycles. The van der Waals surface area contributed by atoms with Crippen LogP contribution in [0, 0.1) is 12.7 Å². The first-order chi connectivity index (χ1) is 9.47. The highest BCUT2D eigenvalue weighted by molar-refractivity contribution is 5.36. The molecule has 0 amide bonds. The number of hydrogen-bond acceptors (Lipinski definition) is 2. The third-order valence-corrected chi connectivity index (χ3v) is 2.87.